The van der Waals surface area contributed by atoms with E-state index in [0.717, 1.165) is 10.2 Å². The number of fused-ring (bicyclic) bond motifs is 3. The number of carbonyl (C=O) groups is 2. The molecule has 1 amide bonds. The van der Waals surface area contributed by atoms with E-state index < -0.39 is 11.9 Å². The van der Waals surface area contributed by atoms with E-state index in [2.05, 4.69) is 15.3 Å². The number of thiophene rings is 1. The monoisotopic (exact) mass is 408 g/mol. The van der Waals surface area contributed by atoms with Gasteiger partial charge in [-0.1, -0.05) is 12.1 Å². The molecule has 0 aliphatic rings. The zero-order valence-corrected chi connectivity index (χ0v) is 16.2. The molecule has 0 bridgehead atoms. The Labute approximate surface area is 168 Å². The molecule has 0 spiro atoms. The summed E-state index contributed by atoms with van der Waals surface area (Å²) in [6.07, 6.45) is 3.01. The number of nitrogens with one attached hydrogen (secondary N) is 1. The predicted molar refractivity (Wildman–Crippen MR) is 110 cm³/mol. The number of nitrogens with zero attached hydrogens (tertiary/aromatic N) is 3. The topological polar surface area (TPSA) is 103 Å². The second-order valence-electron chi connectivity index (χ2n) is 6.13. The predicted octanol–water partition coefficient (Wildman–Crippen LogP) is 2.82. The molecule has 0 saturated carbocycles. The van der Waals surface area contributed by atoms with Gasteiger partial charge in [0, 0.05) is 11.6 Å². The average Bonchev–Trinajstić information content (AvgIpc) is 3.10. The molecule has 1 N–H and O–H groups in total. The second kappa shape index (κ2) is 7.80. The Morgan fingerprint density at radius 3 is 2.83 bits per heavy atom. The highest BCUT2D eigenvalue weighted by atomic mass is 32.1. The van der Waals surface area contributed by atoms with Gasteiger partial charge in [-0.3, -0.25) is 14.2 Å². The Balaban J connectivity index is 1.60. The lowest BCUT2D eigenvalue weighted by atomic mass is 10.2. The van der Waals surface area contributed by atoms with Crippen LogP contribution in [0.1, 0.15) is 17.3 Å². The molecule has 0 fully saturated rings. The van der Waals surface area contributed by atoms with Gasteiger partial charge in [0.05, 0.1) is 29.7 Å². The van der Waals surface area contributed by atoms with Crippen LogP contribution in [0.2, 0.25) is 0 Å². The second-order valence-corrected chi connectivity index (χ2v) is 7.13. The van der Waals surface area contributed by atoms with E-state index in [9.17, 15) is 14.4 Å². The van der Waals surface area contributed by atoms with Gasteiger partial charge in [0.1, 0.15) is 16.1 Å². The number of ether oxygens (including phenoxy) is 1. The fourth-order valence-corrected chi connectivity index (χ4v) is 3.98. The van der Waals surface area contributed by atoms with Gasteiger partial charge in [-0.2, -0.15) is 0 Å². The quantitative estimate of drug-likeness (QED) is 0.510. The van der Waals surface area contributed by atoms with Crippen LogP contribution in [0, 0.1) is 0 Å². The van der Waals surface area contributed by atoms with Crippen LogP contribution in [0.15, 0.2) is 53.7 Å². The van der Waals surface area contributed by atoms with E-state index >= 15 is 0 Å². The first-order valence-electron chi connectivity index (χ1n) is 8.87. The lowest BCUT2D eigenvalue weighted by molar-refractivity contribution is -0.116. The molecule has 0 aliphatic heterocycles. The Morgan fingerprint density at radius 2 is 2.00 bits per heavy atom. The number of carbonyl (C=O) groups excluding carboxylic acids is 2. The number of hydrogen-bond donors (Lipinski definition) is 1. The Kier molecular flexibility index (Phi) is 5.05. The summed E-state index contributed by atoms with van der Waals surface area (Å²) in [4.78, 5) is 46.7. The van der Waals surface area contributed by atoms with Gasteiger partial charge in [0.25, 0.3) is 5.56 Å². The first-order valence-corrected chi connectivity index (χ1v) is 9.68. The van der Waals surface area contributed by atoms with E-state index in [-0.39, 0.29) is 24.3 Å². The van der Waals surface area contributed by atoms with Crippen LogP contribution in [0.4, 0.5) is 5.69 Å². The minimum atomic E-state index is -0.526. The van der Waals surface area contributed by atoms with Gasteiger partial charge in [0.2, 0.25) is 5.91 Å². The summed E-state index contributed by atoms with van der Waals surface area (Å²) in [5.74, 6) is -0.981. The molecule has 8 nitrogen and oxygen atoms in total. The number of pyridine rings is 1. The highest BCUT2D eigenvalue weighted by Crippen LogP contribution is 2.27. The van der Waals surface area contributed by atoms with Gasteiger partial charge in [-0.05, 0) is 31.2 Å². The number of aromatic nitrogens is 3. The number of esters is 1. The zero-order chi connectivity index (χ0) is 20.4. The van der Waals surface area contributed by atoms with Gasteiger partial charge < -0.3 is 10.1 Å². The van der Waals surface area contributed by atoms with Gasteiger partial charge in [0.15, 0.2) is 0 Å². The maximum absolute atomic E-state index is 12.8. The van der Waals surface area contributed by atoms with Crippen LogP contribution < -0.4 is 10.9 Å². The largest absolute Gasteiger partial charge is 0.462 e. The molecule has 0 saturated heterocycles. The number of para-hydroxylation sites is 1. The van der Waals surface area contributed by atoms with E-state index in [1.165, 1.54) is 22.2 Å². The van der Waals surface area contributed by atoms with Crippen molar-refractivity contribution in [3.63, 3.8) is 0 Å². The van der Waals surface area contributed by atoms with Gasteiger partial charge in [-0.15, -0.1) is 11.3 Å². The number of anilines is 1. The van der Waals surface area contributed by atoms with E-state index in [0.29, 0.717) is 15.9 Å². The minimum absolute atomic E-state index is 0.228. The molecule has 4 rings (SSSR count). The first kappa shape index (κ1) is 18.8. The Bertz CT molecular complexity index is 1290. The SMILES string of the molecule is CCOC(=O)c1ccccc1NC(=O)Cn1cnc2c(sc3ncccc32)c1=O. The summed E-state index contributed by atoms with van der Waals surface area (Å²) in [5.41, 5.74) is 0.836. The third-order valence-electron chi connectivity index (χ3n) is 4.23. The van der Waals surface area contributed by atoms with Gasteiger partial charge >= 0.3 is 5.97 Å². The summed E-state index contributed by atoms with van der Waals surface area (Å²) < 4.78 is 6.69. The number of rotatable bonds is 5. The zero-order valence-electron chi connectivity index (χ0n) is 15.4. The van der Waals surface area contributed by atoms with Gasteiger partial charge in [-0.25, -0.2) is 14.8 Å². The Hall–Kier alpha value is -3.59. The summed E-state index contributed by atoms with van der Waals surface area (Å²) in [6, 6.07) is 10.2. The molecule has 0 atom stereocenters. The van der Waals surface area contributed by atoms with Crippen molar-refractivity contribution in [1.82, 2.24) is 14.5 Å². The van der Waals surface area contributed by atoms with Crippen LogP contribution in [-0.4, -0.2) is 33.0 Å². The molecule has 1 aromatic carbocycles. The van der Waals surface area contributed by atoms with Crippen LogP contribution in [0.3, 0.4) is 0 Å². The molecule has 29 heavy (non-hydrogen) atoms. The van der Waals surface area contributed by atoms with Crippen LogP contribution in [0.5, 0.6) is 0 Å². The van der Waals surface area contributed by atoms with Crippen molar-refractivity contribution in [3.05, 3.63) is 64.8 Å². The molecule has 146 valence electrons. The molecular formula is C20H16N4O4S. The maximum Gasteiger partial charge on any atom is 0.340 e. The number of benzene rings is 1. The van der Waals surface area contributed by atoms with Crippen molar-refractivity contribution in [2.75, 3.05) is 11.9 Å². The smallest absolute Gasteiger partial charge is 0.340 e. The summed E-state index contributed by atoms with van der Waals surface area (Å²) >= 11 is 1.25. The van der Waals surface area contributed by atoms with E-state index in [1.807, 2.05) is 6.07 Å². The average molecular weight is 408 g/mol. The third kappa shape index (κ3) is 3.59. The Morgan fingerprint density at radius 1 is 1.17 bits per heavy atom. The molecule has 9 heteroatoms. The lowest BCUT2D eigenvalue weighted by Gasteiger charge is -2.11. The molecular weight excluding hydrogens is 392 g/mol. The molecule has 4 aromatic rings. The molecule has 0 aliphatic carbocycles. The summed E-state index contributed by atoms with van der Waals surface area (Å²) in [5, 5.41) is 3.47. The fraction of sp³-hybridized carbons (Fsp3) is 0.150. The van der Waals surface area contributed by atoms with Crippen molar-refractivity contribution in [2.45, 2.75) is 13.5 Å². The maximum atomic E-state index is 12.8. The molecule has 0 radical (unpaired) electrons. The normalized spacial score (nSPS) is 10.9. The summed E-state index contributed by atoms with van der Waals surface area (Å²) in [6.45, 7) is 1.70. The van der Waals surface area contributed by atoms with Crippen LogP contribution >= 0.6 is 11.3 Å². The highest BCUT2D eigenvalue weighted by molar-refractivity contribution is 7.25. The van der Waals surface area contributed by atoms with Crippen molar-refractivity contribution in [3.8, 4) is 0 Å². The third-order valence-corrected chi connectivity index (χ3v) is 5.32. The van der Waals surface area contributed by atoms with Crippen LogP contribution in [-0.2, 0) is 16.1 Å². The first-order chi connectivity index (χ1) is 14.1. The van der Waals surface area contributed by atoms with Crippen LogP contribution in [0.25, 0.3) is 20.4 Å². The molecule has 3 aromatic heterocycles. The van der Waals surface area contributed by atoms with Crippen molar-refractivity contribution in [2.24, 2.45) is 0 Å². The standard InChI is InChI=1S/C20H16N4O4S/c1-2-28-20(27)12-6-3-4-8-14(12)23-15(25)10-24-11-22-16-13-7-5-9-21-18(13)29-17(16)19(24)26/h3-9,11H,2,10H2,1H3,(H,23,25). The van der Waals surface area contributed by atoms with E-state index in [4.69, 9.17) is 4.74 Å². The highest BCUT2D eigenvalue weighted by Gasteiger charge is 2.16. The van der Waals surface area contributed by atoms with Crippen molar-refractivity contribution >= 4 is 49.3 Å². The lowest BCUT2D eigenvalue weighted by Crippen LogP contribution is -2.28. The fourth-order valence-electron chi connectivity index (χ4n) is 2.94. The van der Waals surface area contributed by atoms with E-state index in [1.54, 1.807) is 43.5 Å². The van der Waals surface area contributed by atoms with Crippen molar-refractivity contribution < 1.29 is 14.3 Å². The molecule has 0 unspecified atom stereocenters. The number of hydrogen-bond acceptors (Lipinski definition) is 7. The minimum Gasteiger partial charge on any atom is -0.462 e. The summed E-state index contributed by atoms with van der Waals surface area (Å²) in [7, 11) is 0. The number of amides is 1. The van der Waals surface area contributed by atoms with Crippen molar-refractivity contribution in [1.29, 1.82) is 0 Å². The molecule has 3 heterocycles.